The molecule has 7 heteroatoms. The number of nitrogens with zero attached hydrogens (tertiary/aromatic N) is 3. The van der Waals surface area contributed by atoms with Crippen molar-refractivity contribution in [2.45, 2.75) is 45.8 Å². The lowest BCUT2D eigenvalue weighted by Gasteiger charge is -2.28. The normalized spacial score (nSPS) is 15.0. The molecule has 1 N–H and O–H groups in total. The van der Waals surface area contributed by atoms with E-state index >= 15 is 0 Å². The maximum absolute atomic E-state index is 12.9. The Morgan fingerprint density at radius 1 is 1.39 bits per heavy atom. The van der Waals surface area contributed by atoms with Crippen LogP contribution in [0.2, 0.25) is 0 Å². The zero-order valence-corrected chi connectivity index (χ0v) is 17.8. The fourth-order valence-corrected chi connectivity index (χ4v) is 4.55. The van der Waals surface area contributed by atoms with E-state index < -0.39 is 6.04 Å². The van der Waals surface area contributed by atoms with Gasteiger partial charge in [0.2, 0.25) is 5.91 Å². The molecule has 0 unspecified atom stereocenters. The second-order valence-electron chi connectivity index (χ2n) is 7.23. The molecule has 1 atom stereocenters. The molecule has 28 heavy (non-hydrogen) atoms. The number of carbonyl (C=O) groups is 2. The van der Waals surface area contributed by atoms with Crippen LogP contribution in [-0.4, -0.2) is 53.3 Å². The van der Waals surface area contributed by atoms with E-state index in [0.717, 1.165) is 49.3 Å². The van der Waals surface area contributed by atoms with E-state index in [2.05, 4.69) is 34.3 Å². The molecule has 0 fully saturated rings. The Bertz CT molecular complexity index is 847. The SMILES string of the molecule is CCc1ccc(CN2CCc3c(C(=O)N(C)[C@@H](C)C(=O)NC)csc3C2)nc1. The molecule has 3 rings (SSSR count). The number of likely N-dealkylation sites (N-methyl/N-ethyl adjacent to an activating group) is 2. The smallest absolute Gasteiger partial charge is 0.255 e. The summed E-state index contributed by atoms with van der Waals surface area (Å²) in [5.41, 5.74) is 4.20. The van der Waals surface area contributed by atoms with Crippen LogP contribution in [0.1, 0.15) is 45.9 Å². The third kappa shape index (κ3) is 4.25. The molecule has 0 saturated heterocycles. The highest BCUT2D eigenvalue weighted by Gasteiger charge is 2.28. The van der Waals surface area contributed by atoms with Gasteiger partial charge in [-0.2, -0.15) is 0 Å². The molecule has 2 aromatic heterocycles. The van der Waals surface area contributed by atoms with Gasteiger partial charge in [0.1, 0.15) is 6.04 Å². The van der Waals surface area contributed by atoms with Crippen molar-refractivity contribution in [2.75, 3.05) is 20.6 Å². The van der Waals surface area contributed by atoms with Crippen molar-refractivity contribution in [1.29, 1.82) is 0 Å². The van der Waals surface area contributed by atoms with Crippen molar-refractivity contribution in [2.24, 2.45) is 0 Å². The average Bonchev–Trinajstić information content (AvgIpc) is 3.15. The van der Waals surface area contributed by atoms with Gasteiger partial charge in [0, 0.05) is 50.2 Å². The number of amides is 2. The second-order valence-corrected chi connectivity index (χ2v) is 8.19. The number of nitrogens with one attached hydrogen (secondary N) is 1. The minimum atomic E-state index is -0.495. The molecule has 150 valence electrons. The van der Waals surface area contributed by atoms with Crippen molar-refractivity contribution in [3.63, 3.8) is 0 Å². The first-order chi connectivity index (χ1) is 13.4. The molecular weight excluding hydrogens is 372 g/mol. The number of aromatic nitrogens is 1. The Labute approximate surface area is 170 Å². The maximum atomic E-state index is 12.9. The second kappa shape index (κ2) is 8.84. The predicted molar refractivity (Wildman–Crippen MR) is 111 cm³/mol. The number of pyridine rings is 1. The van der Waals surface area contributed by atoms with Crippen molar-refractivity contribution >= 4 is 23.2 Å². The lowest BCUT2D eigenvalue weighted by Crippen LogP contribution is -2.45. The molecule has 1 aliphatic rings. The lowest BCUT2D eigenvalue weighted by atomic mass is 10.0. The zero-order chi connectivity index (χ0) is 20.3. The third-order valence-electron chi connectivity index (χ3n) is 5.46. The highest BCUT2D eigenvalue weighted by Crippen LogP contribution is 2.30. The fraction of sp³-hybridized carbons (Fsp3) is 0.476. The first-order valence-corrected chi connectivity index (χ1v) is 10.6. The minimum absolute atomic E-state index is 0.0844. The lowest BCUT2D eigenvalue weighted by molar-refractivity contribution is -0.124. The highest BCUT2D eigenvalue weighted by atomic mass is 32.1. The molecule has 3 heterocycles. The molecule has 0 aromatic carbocycles. The van der Waals surface area contributed by atoms with Gasteiger partial charge in [-0.3, -0.25) is 19.5 Å². The fourth-order valence-electron chi connectivity index (χ4n) is 3.43. The maximum Gasteiger partial charge on any atom is 0.255 e. The summed E-state index contributed by atoms with van der Waals surface area (Å²) in [6, 6.07) is 3.75. The van der Waals surface area contributed by atoms with E-state index in [1.165, 1.54) is 15.3 Å². The zero-order valence-electron chi connectivity index (χ0n) is 17.0. The van der Waals surface area contributed by atoms with Crippen molar-refractivity contribution in [3.8, 4) is 0 Å². The van der Waals surface area contributed by atoms with Gasteiger partial charge >= 0.3 is 0 Å². The summed E-state index contributed by atoms with van der Waals surface area (Å²) in [4.78, 5) is 34.5. The van der Waals surface area contributed by atoms with Gasteiger partial charge in [-0.1, -0.05) is 13.0 Å². The molecule has 0 spiro atoms. The van der Waals surface area contributed by atoms with E-state index in [0.29, 0.717) is 0 Å². The Kier molecular flexibility index (Phi) is 6.46. The van der Waals surface area contributed by atoms with Crippen molar-refractivity contribution in [3.05, 3.63) is 51.0 Å². The Balaban J connectivity index is 1.68. The summed E-state index contributed by atoms with van der Waals surface area (Å²) < 4.78 is 0. The number of aryl methyl sites for hydroxylation is 1. The van der Waals surface area contributed by atoms with Crippen LogP contribution in [0.25, 0.3) is 0 Å². The quantitative estimate of drug-likeness (QED) is 0.809. The largest absolute Gasteiger partial charge is 0.357 e. The summed E-state index contributed by atoms with van der Waals surface area (Å²) in [5, 5.41) is 4.54. The number of hydrogen-bond donors (Lipinski definition) is 1. The number of fused-ring (bicyclic) bond motifs is 1. The topological polar surface area (TPSA) is 65.5 Å². The molecule has 2 aromatic rings. The van der Waals surface area contributed by atoms with Crippen LogP contribution in [-0.2, 0) is 30.7 Å². The Morgan fingerprint density at radius 2 is 2.18 bits per heavy atom. The van der Waals surface area contributed by atoms with Crippen molar-refractivity contribution in [1.82, 2.24) is 20.1 Å². The van der Waals surface area contributed by atoms with Crippen LogP contribution in [0.5, 0.6) is 0 Å². The van der Waals surface area contributed by atoms with E-state index in [9.17, 15) is 9.59 Å². The minimum Gasteiger partial charge on any atom is -0.357 e. The van der Waals surface area contributed by atoms with E-state index in [1.54, 1.807) is 32.4 Å². The third-order valence-corrected chi connectivity index (χ3v) is 6.48. The van der Waals surface area contributed by atoms with Crippen molar-refractivity contribution < 1.29 is 9.59 Å². The van der Waals surface area contributed by atoms with Crippen LogP contribution < -0.4 is 5.32 Å². The molecule has 0 bridgehead atoms. The predicted octanol–water partition coefficient (Wildman–Crippen LogP) is 2.47. The number of carbonyl (C=O) groups excluding carboxylic acids is 2. The summed E-state index contributed by atoms with van der Waals surface area (Å²) >= 11 is 1.63. The molecule has 0 saturated carbocycles. The van der Waals surface area contributed by atoms with E-state index in [-0.39, 0.29) is 11.8 Å². The Hall–Kier alpha value is -2.25. The number of thiophene rings is 1. The summed E-state index contributed by atoms with van der Waals surface area (Å²) in [6.45, 7) is 6.42. The first kappa shape index (κ1) is 20.5. The summed E-state index contributed by atoms with van der Waals surface area (Å²) in [7, 11) is 3.27. The Morgan fingerprint density at radius 3 is 2.82 bits per heavy atom. The van der Waals surface area contributed by atoms with Crippen LogP contribution >= 0.6 is 11.3 Å². The van der Waals surface area contributed by atoms with Crippen LogP contribution in [0.4, 0.5) is 0 Å². The molecular formula is C21H28N4O2S. The van der Waals surface area contributed by atoms with E-state index in [4.69, 9.17) is 0 Å². The van der Waals surface area contributed by atoms with Gasteiger partial charge in [0.25, 0.3) is 5.91 Å². The van der Waals surface area contributed by atoms with E-state index in [1.807, 2.05) is 11.6 Å². The van der Waals surface area contributed by atoms with Gasteiger partial charge in [0.15, 0.2) is 0 Å². The molecule has 1 aliphatic heterocycles. The van der Waals surface area contributed by atoms with Gasteiger partial charge in [-0.05, 0) is 37.0 Å². The van der Waals surface area contributed by atoms with Gasteiger partial charge in [-0.25, -0.2) is 0 Å². The molecule has 0 radical (unpaired) electrons. The number of rotatable bonds is 6. The van der Waals surface area contributed by atoms with Gasteiger partial charge in [0.05, 0.1) is 11.3 Å². The first-order valence-electron chi connectivity index (χ1n) is 9.68. The van der Waals surface area contributed by atoms with Gasteiger partial charge < -0.3 is 10.2 Å². The average molecular weight is 401 g/mol. The molecule has 0 aliphatic carbocycles. The highest BCUT2D eigenvalue weighted by molar-refractivity contribution is 7.10. The monoisotopic (exact) mass is 400 g/mol. The standard InChI is InChI=1S/C21H28N4O2S/c1-5-15-6-7-16(23-10-15)11-25-9-8-17-18(13-28-19(17)12-25)21(27)24(4)14(2)20(26)22-3/h6-7,10,13-14H,5,8-9,11-12H2,1-4H3,(H,22,26)/t14-/m0/s1. The van der Waals surface area contributed by atoms with Crippen LogP contribution in [0.15, 0.2) is 23.7 Å². The number of hydrogen-bond acceptors (Lipinski definition) is 5. The molecule has 6 nitrogen and oxygen atoms in total. The summed E-state index contributed by atoms with van der Waals surface area (Å²) in [6.07, 6.45) is 3.80. The molecule has 2 amide bonds. The van der Waals surface area contributed by atoms with Crippen LogP contribution in [0, 0.1) is 0 Å². The van der Waals surface area contributed by atoms with Crippen LogP contribution in [0.3, 0.4) is 0 Å². The summed E-state index contributed by atoms with van der Waals surface area (Å²) in [5.74, 6) is -0.244. The van der Waals surface area contributed by atoms with Gasteiger partial charge in [-0.15, -0.1) is 11.3 Å².